The second-order valence-corrected chi connectivity index (χ2v) is 11.2. The molecule has 4 aliphatic carbocycles. The van der Waals surface area contributed by atoms with Gasteiger partial charge in [0.15, 0.2) is 5.78 Å². The third-order valence-electron chi connectivity index (χ3n) is 10.1. The molecule has 5 heteroatoms. The number of rotatable bonds is 4. The lowest BCUT2D eigenvalue weighted by Crippen LogP contribution is -2.63. The van der Waals surface area contributed by atoms with Crippen molar-refractivity contribution in [2.24, 2.45) is 46.3 Å². The van der Waals surface area contributed by atoms with Gasteiger partial charge in [-0.2, -0.15) is 0 Å². The van der Waals surface area contributed by atoms with E-state index in [1.54, 1.807) is 0 Å². The average Bonchev–Trinajstić information content (AvgIpc) is 3.02. The first-order valence-electron chi connectivity index (χ1n) is 11.7. The summed E-state index contributed by atoms with van der Waals surface area (Å²) in [5.74, 6) is 0.627. The van der Waals surface area contributed by atoms with Crippen LogP contribution < -0.4 is 0 Å². The number of ketones is 1. The number of carboxylic acid groups (broad SMARTS) is 1. The van der Waals surface area contributed by atoms with Gasteiger partial charge in [0.05, 0.1) is 6.10 Å². The fourth-order valence-electron chi connectivity index (χ4n) is 8.56. The van der Waals surface area contributed by atoms with E-state index in [9.17, 15) is 19.8 Å². The second-order valence-electron chi connectivity index (χ2n) is 11.2. The van der Waals surface area contributed by atoms with Gasteiger partial charge < -0.3 is 15.3 Å². The molecule has 5 nitrogen and oxygen atoms in total. The summed E-state index contributed by atoms with van der Waals surface area (Å²) in [4.78, 5) is 24.8. The van der Waals surface area contributed by atoms with Crippen molar-refractivity contribution in [2.75, 3.05) is 0 Å². The van der Waals surface area contributed by atoms with E-state index < -0.39 is 17.5 Å². The minimum Gasteiger partial charge on any atom is -0.481 e. The maximum Gasteiger partial charge on any atom is 0.303 e. The quantitative estimate of drug-likeness (QED) is 0.662. The Hall–Kier alpha value is -0.940. The Bertz CT molecular complexity index is 676. The van der Waals surface area contributed by atoms with Crippen LogP contribution in [-0.4, -0.2) is 39.3 Å². The summed E-state index contributed by atoms with van der Waals surface area (Å²) in [5, 5.41) is 30.6. The van der Waals surface area contributed by atoms with Crippen molar-refractivity contribution in [1.29, 1.82) is 0 Å². The van der Waals surface area contributed by atoms with Crippen LogP contribution in [0.4, 0.5) is 0 Å². The highest BCUT2D eigenvalue weighted by Crippen LogP contribution is 2.67. The van der Waals surface area contributed by atoms with Crippen molar-refractivity contribution in [2.45, 2.75) is 90.8 Å². The SMILES string of the molecule is CC(CCC(=O)O)C1CCC2C3CCC4CC(O)CCC4(C)C3C(O)C(=O)C12C. The highest BCUT2D eigenvalue weighted by atomic mass is 16.4. The number of carboxylic acids is 1. The topological polar surface area (TPSA) is 94.8 Å². The minimum absolute atomic E-state index is 0.00685. The zero-order chi connectivity index (χ0) is 21.1. The molecule has 0 bridgehead atoms. The molecule has 0 aromatic rings. The maximum atomic E-state index is 13.7. The molecule has 0 aromatic carbocycles. The van der Waals surface area contributed by atoms with Gasteiger partial charge in [-0.25, -0.2) is 0 Å². The first kappa shape index (κ1) is 21.3. The van der Waals surface area contributed by atoms with Crippen molar-refractivity contribution >= 4 is 11.8 Å². The number of hydrogen-bond acceptors (Lipinski definition) is 4. The molecule has 10 atom stereocenters. The van der Waals surface area contributed by atoms with Gasteiger partial charge in [0.2, 0.25) is 0 Å². The van der Waals surface area contributed by atoms with E-state index in [-0.39, 0.29) is 41.5 Å². The highest BCUT2D eigenvalue weighted by Gasteiger charge is 2.67. The van der Waals surface area contributed by atoms with Crippen molar-refractivity contribution in [3.8, 4) is 0 Å². The van der Waals surface area contributed by atoms with Crippen LogP contribution in [0.2, 0.25) is 0 Å². The Morgan fingerprint density at radius 2 is 1.86 bits per heavy atom. The summed E-state index contributed by atoms with van der Waals surface area (Å²) in [6.45, 7) is 6.43. The molecule has 0 radical (unpaired) electrons. The smallest absolute Gasteiger partial charge is 0.303 e. The largest absolute Gasteiger partial charge is 0.481 e. The number of Topliss-reactive ketones (excluding diaryl/α,β-unsaturated/α-hetero) is 1. The molecule has 164 valence electrons. The first-order chi connectivity index (χ1) is 13.6. The fraction of sp³-hybridized carbons (Fsp3) is 0.917. The Kier molecular flexibility index (Phi) is 5.39. The summed E-state index contributed by atoms with van der Waals surface area (Å²) in [6.07, 6.45) is 6.15. The van der Waals surface area contributed by atoms with E-state index in [4.69, 9.17) is 5.11 Å². The summed E-state index contributed by atoms with van der Waals surface area (Å²) in [7, 11) is 0. The van der Waals surface area contributed by atoms with Crippen molar-refractivity contribution in [3.63, 3.8) is 0 Å². The zero-order valence-corrected chi connectivity index (χ0v) is 18.1. The number of fused-ring (bicyclic) bond motifs is 5. The van der Waals surface area contributed by atoms with E-state index in [0.29, 0.717) is 24.2 Å². The number of carbonyl (C=O) groups excluding carboxylic acids is 1. The molecule has 0 aromatic heterocycles. The summed E-state index contributed by atoms with van der Waals surface area (Å²) in [5.41, 5.74) is -0.596. The lowest BCUT2D eigenvalue weighted by molar-refractivity contribution is -0.188. The van der Waals surface area contributed by atoms with Crippen LogP contribution in [0.5, 0.6) is 0 Å². The predicted molar refractivity (Wildman–Crippen MR) is 109 cm³/mol. The van der Waals surface area contributed by atoms with Gasteiger partial charge in [0.1, 0.15) is 6.10 Å². The molecule has 0 amide bonds. The van der Waals surface area contributed by atoms with Crippen LogP contribution in [0.3, 0.4) is 0 Å². The number of aliphatic hydroxyl groups is 2. The third-order valence-corrected chi connectivity index (χ3v) is 10.1. The van der Waals surface area contributed by atoms with Crippen LogP contribution in [-0.2, 0) is 9.59 Å². The maximum absolute atomic E-state index is 13.7. The van der Waals surface area contributed by atoms with Gasteiger partial charge in [0, 0.05) is 17.8 Å². The molecule has 4 fully saturated rings. The molecule has 0 spiro atoms. The van der Waals surface area contributed by atoms with Crippen LogP contribution in [0.25, 0.3) is 0 Å². The normalized spacial score (nSPS) is 50.4. The number of aliphatic hydroxyl groups excluding tert-OH is 2. The van der Waals surface area contributed by atoms with Crippen molar-refractivity contribution in [3.05, 3.63) is 0 Å². The molecule has 3 N–H and O–H groups in total. The second kappa shape index (κ2) is 7.33. The molecule has 10 unspecified atom stereocenters. The standard InChI is InChI=1S/C24H38O5/c1-13(4-9-19(26)27)17-7-8-18-16-6-5-14-12-15(25)10-11-23(14,2)20(16)21(28)22(29)24(17,18)3/h13-18,20-21,25,28H,4-12H2,1-3H3,(H,26,27). The van der Waals surface area contributed by atoms with Crippen LogP contribution >= 0.6 is 0 Å². The number of carbonyl (C=O) groups is 2. The lowest BCUT2D eigenvalue weighted by atomic mass is 9.43. The van der Waals surface area contributed by atoms with E-state index in [1.807, 2.05) is 0 Å². The van der Waals surface area contributed by atoms with Crippen LogP contribution in [0.15, 0.2) is 0 Å². The zero-order valence-electron chi connectivity index (χ0n) is 18.1. The van der Waals surface area contributed by atoms with E-state index in [2.05, 4.69) is 20.8 Å². The van der Waals surface area contributed by atoms with Gasteiger partial charge in [-0.3, -0.25) is 9.59 Å². The molecule has 0 saturated heterocycles. The van der Waals surface area contributed by atoms with Gasteiger partial charge in [-0.05, 0) is 86.4 Å². The molecular weight excluding hydrogens is 368 g/mol. The fourth-order valence-corrected chi connectivity index (χ4v) is 8.56. The molecule has 0 aliphatic heterocycles. The number of hydrogen-bond donors (Lipinski definition) is 3. The predicted octanol–water partition coefficient (Wildman–Crippen LogP) is 3.66. The van der Waals surface area contributed by atoms with E-state index >= 15 is 0 Å². The van der Waals surface area contributed by atoms with Gasteiger partial charge in [0.25, 0.3) is 0 Å². The van der Waals surface area contributed by atoms with Gasteiger partial charge in [-0.15, -0.1) is 0 Å². The van der Waals surface area contributed by atoms with Crippen molar-refractivity contribution in [1.82, 2.24) is 0 Å². The van der Waals surface area contributed by atoms with Crippen LogP contribution in [0.1, 0.15) is 78.6 Å². The Morgan fingerprint density at radius 1 is 1.14 bits per heavy atom. The number of aliphatic carboxylic acids is 1. The Balaban J connectivity index is 1.63. The molecule has 4 rings (SSSR count). The summed E-state index contributed by atoms with van der Waals surface area (Å²) >= 11 is 0. The molecule has 29 heavy (non-hydrogen) atoms. The van der Waals surface area contributed by atoms with Gasteiger partial charge >= 0.3 is 5.97 Å². The summed E-state index contributed by atoms with van der Waals surface area (Å²) in [6, 6.07) is 0. The molecular formula is C24H38O5. The van der Waals surface area contributed by atoms with Gasteiger partial charge in [-0.1, -0.05) is 20.8 Å². The summed E-state index contributed by atoms with van der Waals surface area (Å²) < 4.78 is 0. The molecule has 0 heterocycles. The molecule has 4 saturated carbocycles. The van der Waals surface area contributed by atoms with E-state index in [0.717, 1.165) is 44.9 Å². The molecule has 4 aliphatic rings. The Morgan fingerprint density at radius 3 is 2.55 bits per heavy atom. The monoisotopic (exact) mass is 406 g/mol. The van der Waals surface area contributed by atoms with E-state index in [1.165, 1.54) is 0 Å². The van der Waals surface area contributed by atoms with Crippen LogP contribution in [0, 0.1) is 46.3 Å². The lowest BCUT2D eigenvalue weighted by Gasteiger charge is -2.61. The first-order valence-corrected chi connectivity index (χ1v) is 11.7. The third kappa shape index (κ3) is 3.10. The minimum atomic E-state index is -0.920. The van der Waals surface area contributed by atoms with Crippen molar-refractivity contribution < 1.29 is 24.9 Å². The average molecular weight is 407 g/mol. The Labute approximate surface area is 174 Å². The highest BCUT2D eigenvalue weighted by molar-refractivity contribution is 5.91.